The normalized spacial score (nSPS) is 15.8. The van der Waals surface area contributed by atoms with Gasteiger partial charge in [0.15, 0.2) is 0 Å². The van der Waals surface area contributed by atoms with Crippen molar-refractivity contribution in [3.63, 3.8) is 0 Å². The highest BCUT2D eigenvalue weighted by molar-refractivity contribution is 5.77. The summed E-state index contributed by atoms with van der Waals surface area (Å²) in [5.41, 5.74) is 5.46. The van der Waals surface area contributed by atoms with Crippen LogP contribution in [0.4, 0.5) is 4.39 Å². The van der Waals surface area contributed by atoms with Crippen molar-refractivity contribution in [3.05, 3.63) is 83.6 Å². The summed E-state index contributed by atoms with van der Waals surface area (Å²) in [5.74, 6) is -0.132. The molecule has 0 saturated heterocycles. The molecule has 1 atom stereocenters. The fraction of sp³-hybridized carbons (Fsp3) is 0.0588. The Bertz CT molecular complexity index is 736. The molecular weight excluding hydrogens is 251 g/mol. The van der Waals surface area contributed by atoms with Crippen molar-refractivity contribution < 1.29 is 4.39 Å². The molecular formula is C17H11FN2. The van der Waals surface area contributed by atoms with E-state index in [9.17, 15) is 4.39 Å². The van der Waals surface area contributed by atoms with Gasteiger partial charge in [0.2, 0.25) is 0 Å². The van der Waals surface area contributed by atoms with E-state index in [2.05, 4.69) is 22.1 Å². The Kier molecular flexibility index (Phi) is 2.39. The number of hydrogen-bond donors (Lipinski definition) is 0. The molecule has 96 valence electrons. The Balaban J connectivity index is 1.97. The van der Waals surface area contributed by atoms with Gasteiger partial charge in [0.25, 0.3) is 0 Å². The third-order valence-corrected chi connectivity index (χ3v) is 3.78. The van der Waals surface area contributed by atoms with Crippen LogP contribution in [0.25, 0.3) is 11.3 Å². The van der Waals surface area contributed by atoms with E-state index in [1.54, 1.807) is 6.33 Å². The largest absolute Gasteiger partial charge is 0.244 e. The van der Waals surface area contributed by atoms with E-state index in [4.69, 9.17) is 0 Å². The van der Waals surface area contributed by atoms with Gasteiger partial charge in [-0.05, 0) is 23.3 Å². The minimum atomic E-state index is -0.218. The van der Waals surface area contributed by atoms with Gasteiger partial charge in [0.1, 0.15) is 12.1 Å². The van der Waals surface area contributed by atoms with Crippen molar-refractivity contribution in [2.45, 2.75) is 5.92 Å². The lowest BCUT2D eigenvalue weighted by molar-refractivity contribution is 0.627. The molecule has 0 spiro atoms. The lowest BCUT2D eigenvalue weighted by Gasteiger charge is -2.13. The van der Waals surface area contributed by atoms with Crippen LogP contribution in [0.15, 0.2) is 61.1 Å². The van der Waals surface area contributed by atoms with E-state index >= 15 is 0 Å². The maximum atomic E-state index is 13.1. The maximum Gasteiger partial charge on any atom is 0.123 e. The molecule has 0 saturated carbocycles. The highest BCUT2D eigenvalue weighted by Gasteiger charge is 2.30. The molecule has 0 amide bonds. The van der Waals surface area contributed by atoms with Crippen LogP contribution in [0, 0.1) is 5.82 Å². The summed E-state index contributed by atoms with van der Waals surface area (Å²) in [4.78, 5) is 8.56. The van der Waals surface area contributed by atoms with Crippen LogP contribution in [0.5, 0.6) is 0 Å². The van der Waals surface area contributed by atoms with E-state index in [1.165, 1.54) is 17.7 Å². The average molecular weight is 262 g/mol. The average Bonchev–Trinajstić information content (AvgIpc) is 2.83. The van der Waals surface area contributed by atoms with Crippen molar-refractivity contribution >= 4 is 0 Å². The first-order valence-corrected chi connectivity index (χ1v) is 6.49. The van der Waals surface area contributed by atoms with Gasteiger partial charge in [0.05, 0.1) is 5.69 Å². The van der Waals surface area contributed by atoms with Crippen LogP contribution < -0.4 is 0 Å². The Morgan fingerprint density at radius 2 is 1.70 bits per heavy atom. The highest BCUT2D eigenvalue weighted by atomic mass is 19.1. The fourth-order valence-electron chi connectivity index (χ4n) is 2.92. The van der Waals surface area contributed by atoms with Crippen LogP contribution in [-0.4, -0.2) is 9.97 Å². The molecule has 3 heteroatoms. The number of benzene rings is 2. The number of halogens is 1. The second kappa shape index (κ2) is 4.23. The van der Waals surface area contributed by atoms with Crippen molar-refractivity contribution in [1.82, 2.24) is 9.97 Å². The Morgan fingerprint density at radius 3 is 2.55 bits per heavy atom. The molecule has 1 aliphatic rings. The molecule has 0 bridgehead atoms. The van der Waals surface area contributed by atoms with E-state index < -0.39 is 0 Å². The molecule has 1 heterocycles. The molecule has 4 rings (SSSR count). The van der Waals surface area contributed by atoms with Gasteiger partial charge >= 0.3 is 0 Å². The van der Waals surface area contributed by atoms with Crippen LogP contribution in [0.3, 0.4) is 0 Å². The molecule has 0 aliphatic heterocycles. The smallest absolute Gasteiger partial charge is 0.123 e. The quantitative estimate of drug-likeness (QED) is 0.521. The second-order valence-electron chi connectivity index (χ2n) is 4.90. The third-order valence-electron chi connectivity index (χ3n) is 3.78. The first-order chi connectivity index (χ1) is 9.84. The van der Waals surface area contributed by atoms with Crippen molar-refractivity contribution in [1.29, 1.82) is 0 Å². The van der Waals surface area contributed by atoms with Crippen LogP contribution in [-0.2, 0) is 0 Å². The molecule has 20 heavy (non-hydrogen) atoms. The summed E-state index contributed by atoms with van der Waals surface area (Å²) < 4.78 is 13.1. The maximum absolute atomic E-state index is 13.1. The predicted molar refractivity (Wildman–Crippen MR) is 74.8 cm³/mol. The van der Waals surface area contributed by atoms with Crippen molar-refractivity contribution in [2.24, 2.45) is 0 Å². The van der Waals surface area contributed by atoms with E-state index in [0.29, 0.717) is 0 Å². The van der Waals surface area contributed by atoms with E-state index in [-0.39, 0.29) is 11.7 Å². The molecule has 3 aromatic rings. The topological polar surface area (TPSA) is 25.8 Å². The number of rotatable bonds is 1. The Labute approximate surface area is 116 Å². The zero-order chi connectivity index (χ0) is 13.5. The molecule has 1 unspecified atom stereocenters. The minimum Gasteiger partial charge on any atom is -0.244 e. The standard InChI is InChI=1S/C17H11FN2/c18-12-7-5-11(6-8-12)16-13-3-1-2-4-14(13)17-15(16)9-19-10-20-17/h1-10,16H. The number of nitrogens with zero attached hydrogens (tertiary/aromatic N) is 2. The molecule has 0 fully saturated rings. The number of hydrogen-bond acceptors (Lipinski definition) is 2. The van der Waals surface area contributed by atoms with E-state index in [0.717, 1.165) is 22.4 Å². The zero-order valence-electron chi connectivity index (χ0n) is 10.6. The Morgan fingerprint density at radius 1 is 0.900 bits per heavy atom. The predicted octanol–water partition coefficient (Wildman–Crippen LogP) is 3.78. The third kappa shape index (κ3) is 1.56. The van der Waals surface area contributed by atoms with Crippen LogP contribution >= 0.6 is 0 Å². The lowest BCUT2D eigenvalue weighted by atomic mass is 9.90. The summed E-state index contributed by atoms with van der Waals surface area (Å²) in [6, 6.07) is 14.9. The summed E-state index contributed by atoms with van der Waals surface area (Å²) in [6.45, 7) is 0. The number of aromatic nitrogens is 2. The number of fused-ring (bicyclic) bond motifs is 3. The van der Waals surface area contributed by atoms with Gasteiger partial charge < -0.3 is 0 Å². The highest BCUT2D eigenvalue weighted by Crippen LogP contribution is 2.46. The molecule has 2 nitrogen and oxygen atoms in total. The zero-order valence-corrected chi connectivity index (χ0v) is 10.6. The van der Waals surface area contributed by atoms with Gasteiger partial charge in [-0.25, -0.2) is 14.4 Å². The van der Waals surface area contributed by atoms with Gasteiger partial charge in [-0.2, -0.15) is 0 Å². The molecule has 2 aromatic carbocycles. The van der Waals surface area contributed by atoms with Crippen molar-refractivity contribution in [2.75, 3.05) is 0 Å². The lowest BCUT2D eigenvalue weighted by Crippen LogP contribution is -1.99. The Hall–Kier alpha value is -2.55. The van der Waals surface area contributed by atoms with Gasteiger partial charge in [-0.3, -0.25) is 0 Å². The van der Waals surface area contributed by atoms with E-state index in [1.807, 2.05) is 30.5 Å². The summed E-state index contributed by atoms with van der Waals surface area (Å²) in [6.07, 6.45) is 3.43. The monoisotopic (exact) mass is 262 g/mol. The van der Waals surface area contributed by atoms with Crippen LogP contribution in [0.1, 0.15) is 22.6 Å². The molecule has 0 radical (unpaired) electrons. The summed E-state index contributed by atoms with van der Waals surface area (Å²) in [5, 5.41) is 0. The van der Waals surface area contributed by atoms with Gasteiger partial charge in [0, 0.05) is 23.2 Å². The first kappa shape index (κ1) is 11.3. The van der Waals surface area contributed by atoms with Crippen molar-refractivity contribution in [3.8, 4) is 11.3 Å². The first-order valence-electron chi connectivity index (χ1n) is 6.49. The molecule has 1 aromatic heterocycles. The van der Waals surface area contributed by atoms with Gasteiger partial charge in [-0.1, -0.05) is 36.4 Å². The minimum absolute atomic E-state index is 0.0861. The molecule has 1 aliphatic carbocycles. The summed E-state index contributed by atoms with van der Waals surface area (Å²) in [7, 11) is 0. The van der Waals surface area contributed by atoms with Crippen LogP contribution in [0.2, 0.25) is 0 Å². The molecule has 0 N–H and O–H groups in total. The SMILES string of the molecule is Fc1ccc(C2c3ccccc3-c3ncncc32)cc1. The van der Waals surface area contributed by atoms with Gasteiger partial charge in [-0.15, -0.1) is 0 Å². The fourth-order valence-corrected chi connectivity index (χ4v) is 2.92. The second-order valence-corrected chi connectivity index (χ2v) is 4.90. The summed E-state index contributed by atoms with van der Waals surface area (Å²) >= 11 is 0.